The van der Waals surface area contributed by atoms with Crippen LogP contribution in [0.1, 0.15) is 38.5 Å². The molecule has 3 aromatic carbocycles. The number of carboxylic acids is 1. The molecule has 0 saturated carbocycles. The predicted octanol–water partition coefficient (Wildman–Crippen LogP) is 5.39. The van der Waals surface area contributed by atoms with Crippen LogP contribution in [0.2, 0.25) is 5.02 Å². The van der Waals surface area contributed by atoms with Crippen LogP contribution in [0.5, 0.6) is 11.5 Å². The van der Waals surface area contributed by atoms with Crippen molar-refractivity contribution in [3.05, 3.63) is 88.2 Å². The fourth-order valence-corrected chi connectivity index (χ4v) is 4.93. The highest BCUT2D eigenvalue weighted by Crippen LogP contribution is 2.30. The summed E-state index contributed by atoms with van der Waals surface area (Å²) in [5, 5.41) is 9.80. The summed E-state index contributed by atoms with van der Waals surface area (Å²) in [4.78, 5) is 33.3. The maximum atomic E-state index is 13.2. The summed E-state index contributed by atoms with van der Waals surface area (Å²) in [6, 6.07) is 17.7. The van der Waals surface area contributed by atoms with Crippen LogP contribution in [0, 0.1) is 6.92 Å². The van der Waals surface area contributed by atoms with Crippen molar-refractivity contribution in [3.63, 3.8) is 0 Å². The first-order valence-corrected chi connectivity index (χ1v) is 14.0. The molecule has 2 fully saturated rings. The second-order valence-corrected chi connectivity index (χ2v) is 10.6. The Morgan fingerprint density at radius 1 is 1.00 bits per heavy atom. The number of carboxylic acid groups (broad SMARTS) is 1. The van der Waals surface area contributed by atoms with Gasteiger partial charge in [0.15, 0.2) is 0 Å². The molecule has 9 nitrogen and oxygen atoms in total. The van der Waals surface area contributed by atoms with Crippen molar-refractivity contribution < 1.29 is 24.2 Å². The molecule has 41 heavy (non-hydrogen) atoms. The van der Waals surface area contributed by atoms with E-state index < -0.39 is 5.97 Å². The highest BCUT2D eigenvalue weighted by Gasteiger charge is 2.24. The Hall–Kier alpha value is -3.92. The minimum atomic E-state index is -0.957. The smallest absolute Gasteiger partial charge is 0.335 e. The number of rotatable bonds is 6. The predicted molar refractivity (Wildman–Crippen MR) is 157 cm³/mol. The number of ether oxygens (including phenoxy) is 2. The third-order valence-corrected chi connectivity index (χ3v) is 7.51. The molecule has 0 aliphatic carbocycles. The van der Waals surface area contributed by atoms with Crippen molar-refractivity contribution >= 4 is 34.5 Å². The van der Waals surface area contributed by atoms with Crippen LogP contribution in [0.3, 0.4) is 0 Å². The van der Waals surface area contributed by atoms with Crippen LogP contribution in [0.25, 0.3) is 11.0 Å². The van der Waals surface area contributed by atoms with Crippen molar-refractivity contribution in [2.45, 2.75) is 19.9 Å². The number of hydrogen-bond donors (Lipinski definition) is 1. The lowest BCUT2D eigenvalue weighted by Gasteiger charge is -2.34. The lowest BCUT2D eigenvalue weighted by Crippen LogP contribution is -2.48. The van der Waals surface area contributed by atoms with Crippen LogP contribution in [0.4, 0.5) is 0 Å². The molecule has 4 aromatic rings. The molecule has 2 aliphatic rings. The Kier molecular flexibility index (Phi) is 8.87. The third-order valence-electron chi connectivity index (χ3n) is 7.22. The number of carbonyl (C=O) groups is 2. The van der Waals surface area contributed by atoms with Crippen molar-refractivity contribution in [1.29, 1.82) is 0 Å². The van der Waals surface area contributed by atoms with Crippen molar-refractivity contribution in [1.82, 2.24) is 19.4 Å². The Labute approximate surface area is 243 Å². The maximum Gasteiger partial charge on any atom is 0.335 e. The van der Waals surface area contributed by atoms with E-state index in [4.69, 9.17) is 21.1 Å². The van der Waals surface area contributed by atoms with Gasteiger partial charge in [-0.15, -0.1) is 0 Å². The molecular formula is C31H33ClN4O5. The third kappa shape index (κ3) is 6.87. The molecule has 6 rings (SSSR count). The minimum absolute atomic E-state index is 0.0379. The second kappa shape index (κ2) is 12.7. The normalized spacial score (nSPS) is 15.1. The van der Waals surface area contributed by atoms with Crippen LogP contribution >= 0.6 is 11.6 Å². The molecule has 0 spiro atoms. The minimum Gasteiger partial charge on any atom is -0.478 e. The van der Waals surface area contributed by atoms with Gasteiger partial charge in [-0.05, 0) is 67.4 Å². The number of hydrogen-bond acceptors (Lipinski definition) is 6. The molecular weight excluding hydrogens is 544 g/mol. The van der Waals surface area contributed by atoms with Crippen molar-refractivity contribution in [2.75, 3.05) is 39.4 Å². The van der Waals surface area contributed by atoms with E-state index in [-0.39, 0.29) is 11.5 Å². The molecule has 1 amide bonds. The Bertz CT molecular complexity index is 1550. The van der Waals surface area contributed by atoms with Gasteiger partial charge in [0, 0.05) is 52.0 Å². The zero-order valence-corrected chi connectivity index (χ0v) is 23.9. The van der Waals surface area contributed by atoms with Gasteiger partial charge in [0.1, 0.15) is 17.3 Å². The largest absolute Gasteiger partial charge is 0.478 e. The fourth-order valence-electron chi connectivity index (χ4n) is 4.66. The number of halogens is 1. The molecule has 0 atom stereocenters. The molecule has 0 radical (unpaired) electrons. The molecule has 0 bridgehead atoms. The zero-order valence-electron chi connectivity index (χ0n) is 23.2. The van der Waals surface area contributed by atoms with Crippen LogP contribution in [-0.2, 0) is 18.3 Å². The molecule has 2 aliphatic heterocycles. The monoisotopic (exact) mass is 576 g/mol. The quantitative estimate of drug-likeness (QED) is 0.329. The van der Waals surface area contributed by atoms with E-state index in [9.17, 15) is 14.7 Å². The zero-order chi connectivity index (χ0) is 28.9. The average molecular weight is 577 g/mol. The number of imidazole rings is 1. The highest BCUT2D eigenvalue weighted by atomic mass is 35.5. The van der Waals surface area contributed by atoms with Gasteiger partial charge in [-0.1, -0.05) is 23.7 Å². The number of aryl methyl sites for hydroxylation is 2. The molecule has 1 aromatic heterocycles. The summed E-state index contributed by atoms with van der Waals surface area (Å²) in [5.74, 6) is 0.970. The molecule has 10 heteroatoms. The Morgan fingerprint density at radius 3 is 2.39 bits per heavy atom. The highest BCUT2D eigenvalue weighted by molar-refractivity contribution is 6.32. The molecule has 2 saturated heterocycles. The number of aromatic carboxylic acids is 1. The first-order valence-electron chi connectivity index (χ1n) is 13.6. The molecule has 0 unspecified atom stereocenters. The van der Waals surface area contributed by atoms with Gasteiger partial charge in [0.25, 0.3) is 5.91 Å². The maximum absolute atomic E-state index is 13.2. The van der Waals surface area contributed by atoms with Gasteiger partial charge in [0.05, 0.1) is 28.2 Å². The lowest BCUT2D eigenvalue weighted by molar-refractivity contribution is 0.0367. The summed E-state index contributed by atoms with van der Waals surface area (Å²) in [7, 11) is 1.90. The van der Waals surface area contributed by atoms with Gasteiger partial charge in [-0.3, -0.25) is 9.69 Å². The summed E-state index contributed by atoms with van der Waals surface area (Å²) in [6.45, 7) is 7.21. The summed E-state index contributed by atoms with van der Waals surface area (Å²) in [6.07, 6.45) is 1.28. The van der Waals surface area contributed by atoms with Gasteiger partial charge >= 0.3 is 5.97 Å². The van der Waals surface area contributed by atoms with Crippen molar-refractivity contribution in [2.24, 2.45) is 7.05 Å². The van der Waals surface area contributed by atoms with E-state index in [0.717, 1.165) is 35.6 Å². The number of nitrogens with zero attached hydrogens (tertiary/aromatic N) is 4. The first kappa shape index (κ1) is 28.6. The lowest BCUT2D eigenvalue weighted by atomic mass is 10.1. The standard InChI is InChI=1S/C28H27ClN4O4.C3H6O/c1-18-6-9-25(22(29)14-18)37-21-5-3-4-19(15-21)27(34)33-12-10-32(11-13-33)17-26-30-23-8-7-20(28(35)36)16-24(23)31(26)2;1-2-4-3-1/h3-9,14-16H,10-13,17H2,1-2H3,(H,35,36);1-3H2. The molecule has 1 N–H and O–H groups in total. The van der Waals surface area contributed by atoms with Gasteiger partial charge < -0.3 is 24.0 Å². The van der Waals surface area contributed by atoms with E-state index in [1.807, 2.05) is 47.7 Å². The Morgan fingerprint density at radius 2 is 1.73 bits per heavy atom. The first-order chi connectivity index (χ1) is 19.8. The summed E-state index contributed by atoms with van der Waals surface area (Å²) >= 11 is 6.29. The van der Waals surface area contributed by atoms with Gasteiger partial charge in [0.2, 0.25) is 0 Å². The van der Waals surface area contributed by atoms with Gasteiger partial charge in [-0.25, -0.2) is 9.78 Å². The van der Waals surface area contributed by atoms with E-state index in [0.29, 0.717) is 54.8 Å². The number of piperazine rings is 1. The molecule has 3 heterocycles. The van der Waals surface area contributed by atoms with E-state index in [1.165, 1.54) is 6.42 Å². The SMILES string of the molecule is C1COC1.Cc1ccc(Oc2cccc(C(=O)N3CCN(Cc4nc5ccc(C(=O)O)cc5n4C)CC3)c2)c(Cl)c1. The number of amides is 1. The van der Waals surface area contributed by atoms with Gasteiger partial charge in [-0.2, -0.15) is 0 Å². The summed E-state index contributed by atoms with van der Waals surface area (Å²) < 4.78 is 12.6. The average Bonchev–Trinajstić information content (AvgIpc) is 3.23. The number of aromatic nitrogens is 2. The van der Waals surface area contributed by atoms with E-state index in [2.05, 4.69) is 9.88 Å². The molecule has 214 valence electrons. The fraction of sp³-hybridized carbons (Fsp3) is 0.323. The second-order valence-electron chi connectivity index (χ2n) is 10.2. The number of carbonyl (C=O) groups excluding carboxylic acids is 1. The summed E-state index contributed by atoms with van der Waals surface area (Å²) in [5.41, 5.74) is 3.41. The number of benzene rings is 3. The number of fused-ring (bicyclic) bond motifs is 1. The van der Waals surface area contributed by atoms with E-state index >= 15 is 0 Å². The van der Waals surface area contributed by atoms with Crippen molar-refractivity contribution in [3.8, 4) is 11.5 Å². The Balaban J connectivity index is 0.000000777. The topological polar surface area (TPSA) is 97.1 Å². The van der Waals surface area contributed by atoms with E-state index in [1.54, 1.807) is 36.4 Å². The van der Waals surface area contributed by atoms with Crippen LogP contribution < -0.4 is 4.74 Å². The van der Waals surface area contributed by atoms with Crippen LogP contribution in [-0.4, -0.2) is 75.7 Å². The van der Waals surface area contributed by atoms with Crippen LogP contribution in [0.15, 0.2) is 60.7 Å².